The Balaban J connectivity index is 1.46. The minimum atomic E-state index is -0.758. The zero-order chi connectivity index (χ0) is 22.2. The number of rotatable bonds is 8. The van der Waals surface area contributed by atoms with E-state index in [2.05, 4.69) is 31.3 Å². The summed E-state index contributed by atoms with van der Waals surface area (Å²) in [4.78, 5) is 23.8. The van der Waals surface area contributed by atoms with Crippen molar-refractivity contribution in [3.05, 3.63) is 42.2 Å². The Morgan fingerprint density at radius 1 is 1.26 bits per heavy atom. The maximum absolute atomic E-state index is 13.2. The molecule has 5 rings (SSSR count). The van der Waals surface area contributed by atoms with Crippen molar-refractivity contribution in [2.24, 2.45) is 23.2 Å². The SMILES string of the molecule is CC1(C)[C@H]2C[C@H](CC=CCCCC(=O)O)[C@@H](NC(=O)c3coc4ccc(O)cc34)[C@@H]1C2. The lowest BCUT2D eigenvalue weighted by atomic mass is 9.44. The molecule has 31 heavy (non-hydrogen) atoms. The average molecular weight is 426 g/mol. The fourth-order valence-corrected chi connectivity index (χ4v) is 5.55. The van der Waals surface area contributed by atoms with Gasteiger partial charge in [0.05, 0.1) is 5.56 Å². The number of unbranched alkanes of at least 4 members (excludes halogenated alkanes) is 1. The molecule has 1 heterocycles. The van der Waals surface area contributed by atoms with Crippen LogP contribution in [0.1, 0.15) is 62.7 Å². The Morgan fingerprint density at radius 3 is 2.81 bits per heavy atom. The summed E-state index contributed by atoms with van der Waals surface area (Å²) in [5.41, 5.74) is 1.25. The fourth-order valence-electron chi connectivity index (χ4n) is 5.55. The van der Waals surface area contributed by atoms with Crippen LogP contribution in [0.15, 0.2) is 41.0 Å². The van der Waals surface area contributed by atoms with Crippen LogP contribution in [0, 0.1) is 23.2 Å². The standard InChI is InChI=1S/C25H31NO5/c1-25(2)16-11-15(7-5-3-4-6-8-22(28)29)23(20(25)12-16)26-24(30)19-14-31-21-10-9-17(27)13-18(19)21/h3,5,9-10,13-16,20,23,27H,4,6-8,11-12H2,1-2H3,(H,26,30)(H,28,29)/t15-,16-,20-,23+/m0/s1. The number of hydrogen-bond donors (Lipinski definition) is 3. The molecular formula is C25H31NO5. The Kier molecular flexibility index (Phi) is 5.82. The van der Waals surface area contributed by atoms with Crippen LogP contribution in [-0.4, -0.2) is 28.1 Å². The Hall–Kier alpha value is -2.76. The number of aromatic hydroxyl groups is 1. The third-order valence-electron chi connectivity index (χ3n) is 7.54. The predicted molar refractivity (Wildman–Crippen MR) is 118 cm³/mol. The third kappa shape index (κ3) is 4.21. The second kappa shape index (κ2) is 8.40. The van der Waals surface area contributed by atoms with Gasteiger partial charge in [0.25, 0.3) is 5.91 Å². The Bertz CT molecular complexity index is 1000. The van der Waals surface area contributed by atoms with Crippen LogP contribution in [0.4, 0.5) is 0 Å². The molecule has 3 fully saturated rings. The number of amides is 1. The van der Waals surface area contributed by atoms with Gasteiger partial charge in [0, 0.05) is 17.8 Å². The van der Waals surface area contributed by atoms with Gasteiger partial charge in [-0.1, -0.05) is 26.0 Å². The second-order valence-corrected chi connectivity index (χ2v) is 9.68. The average Bonchev–Trinajstić information content (AvgIpc) is 3.13. The van der Waals surface area contributed by atoms with Gasteiger partial charge >= 0.3 is 5.97 Å². The number of fused-ring (bicyclic) bond motifs is 3. The van der Waals surface area contributed by atoms with Gasteiger partial charge in [-0.05, 0) is 73.5 Å². The zero-order valence-electron chi connectivity index (χ0n) is 18.1. The largest absolute Gasteiger partial charge is 0.508 e. The molecule has 3 saturated carbocycles. The van der Waals surface area contributed by atoms with Gasteiger partial charge in [-0.25, -0.2) is 0 Å². The minimum absolute atomic E-state index is 0.0819. The van der Waals surface area contributed by atoms with Crippen molar-refractivity contribution >= 4 is 22.8 Å². The minimum Gasteiger partial charge on any atom is -0.508 e. The van der Waals surface area contributed by atoms with Crippen LogP contribution < -0.4 is 5.32 Å². The first kappa shape index (κ1) is 21.5. The number of furan rings is 1. The number of phenols is 1. The molecule has 3 N–H and O–H groups in total. The van der Waals surface area contributed by atoms with Crippen molar-refractivity contribution in [3.8, 4) is 5.75 Å². The molecule has 0 saturated heterocycles. The quantitative estimate of drug-likeness (QED) is 0.403. The van der Waals surface area contributed by atoms with Crippen LogP contribution in [-0.2, 0) is 4.79 Å². The molecule has 0 spiro atoms. The van der Waals surface area contributed by atoms with E-state index in [9.17, 15) is 14.7 Å². The molecule has 1 amide bonds. The number of nitrogens with one attached hydrogen (secondary N) is 1. The maximum Gasteiger partial charge on any atom is 0.303 e. The van der Waals surface area contributed by atoms with Crippen LogP contribution in [0.3, 0.4) is 0 Å². The molecule has 0 radical (unpaired) electrons. The van der Waals surface area contributed by atoms with E-state index in [0.717, 1.165) is 25.7 Å². The highest BCUT2D eigenvalue weighted by Gasteiger charge is 2.57. The lowest BCUT2D eigenvalue weighted by Crippen LogP contribution is -2.63. The van der Waals surface area contributed by atoms with Crippen molar-refractivity contribution in [2.45, 2.75) is 58.4 Å². The molecule has 6 nitrogen and oxygen atoms in total. The summed E-state index contributed by atoms with van der Waals surface area (Å²) < 4.78 is 5.51. The highest BCUT2D eigenvalue weighted by Crippen LogP contribution is 2.61. The topological polar surface area (TPSA) is 99.8 Å². The van der Waals surface area contributed by atoms with Crippen LogP contribution in [0.2, 0.25) is 0 Å². The van der Waals surface area contributed by atoms with Gasteiger partial charge in [0.1, 0.15) is 17.6 Å². The van der Waals surface area contributed by atoms with Gasteiger partial charge in [-0.15, -0.1) is 0 Å². The number of carboxylic acid groups (broad SMARTS) is 1. The molecule has 6 heteroatoms. The van der Waals surface area contributed by atoms with Crippen LogP contribution in [0.5, 0.6) is 5.75 Å². The normalized spacial score (nSPS) is 26.6. The van der Waals surface area contributed by atoms with Crippen molar-refractivity contribution in [3.63, 3.8) is 0 Å². The van der Waals surface area contributed by atoms with Gasteiger partial charge in [-0.2, -0.15) is 0 Å². The van der Waals surface area contributed by atoms with Crippen molar-refractivity contribution in [1.29, 1.82) is 0 Å². The first-order chi connectivity index (χ1) is 14.8. The number of hydrogen-bond acceptors (Lipinski definition) is 4. The van der Waals surface area contributed by atoms with E-state index in [1.807, 2.05) is 0 Å². The van der Waals surface area contributed by atoms with Crippen molar-refractivity contribution < 1.29 is 24.2 Å². The van der Waals surface area contributed by atoms with E-state index in [4.69, 9.17) is 9.52 Å². The highest BCUT2D eigenvalue weighted by atomic mass is 16.4. The van der Waals surface area contributed by atoms with Crippen molar-refractivity contribution in [1.82, 2.24) is 5.32 Å². The molecule has 2 bridgehead atoms. The maximum atomic E-state index is 13.2. The summed E-state index contributed by atoms with van der Waals surface area (Å²) in [6, 6.07) is 4.86. The van der Waals surface area contributed by atoms with Gasteiger partial charge in [0.15, 0.2) is 0 Å². The van der Waals surface area contributed by atoms with E-state index in [1.165, 1.54) is 6.26 Å². The molecule has 4 atom stereocenters. The molecule has 0 unspecified atom stereocenters. The number of allylic oxidation sites excluding steroid dienone is 2. The zero-order valence-corrected chi connectivity index (χ0v) is 18.1. The smallest absolute Gasteiger partial charge is 0.303 e. The van der Waals surface area contributed by atoms with Gasteiger partial charge in [-0.3, -0.25) is 9.59 Å². The number of phenolic OH excluding ortho intramolecular Hbond substituents is 1. The van der Waals surface area contributed by atoms with Crippen LogP contribution in [0.25, 0.3) is 11.0 Å². The van der Waals surface area contributed by atoms with Crippen molar-refractivity contribution in [2.75, 3.05) is 0 Å². The lowest BCUT2D eigenvalue weighted by molar-refractivity contribution is -0.137. The molecule has 1 aromatic heterocycles. The summed E-state index contributed by atoms with van der Waals surface area (Å²) in [5.74, 6) is 0.671. The van der Waals surface area contributed by atoms with E-state index >= 15 is 0 Å². The molecule has 3 aliphatic rings. The summed E-state index contributed by atoms with van der Waals surface area (Å²) in [6.45, 7) is 4.60. The molecule has 2 aromatic rings. The number of carbonyl (C=O) groups is 2. The third-order valence-corrected chi connectivity index (χ3v) is 7.54. The summed E-state index contributed by atoms with van der Waals surface area (Å²) >= 11 is 0. The Morgan fingerprint density at radius 2 is 2.06 bits per heavy atom. The second-order valence-electron chi connectivity index (χ2n) is 9.68. The molecule has 1 aromatic carbocycles. The molecule has 3 aliphatic carbocycles. The first-order valence-corrected chi connectivity index (χ1v) is 11.1. The summed E-state index contributed by atoms with van der Waals surface area (Å²) in [7, 11) is 0. The van der Waals surface area contributed by atoms with Gasteiger partial charge < -0.3 is 19.9 Å². The number of aliphatic carboxylic acids is 1. The lowest BCUT2D eigenvalue weighted by Gasteiger charge is -2.62. The van der Waals surface area contributed by atoms with E-state index in [0.29, 0.717) is 40.7 Å². The molecular weight excluding hydrogens is 394 g/mol. The number of carbonyl (C=O) groups excluding carboxylic acids is 1. The number of benzene rings is 1. The summed E-state index contributed by atoms with van der Waals surface area (Å²) in [5, 5.41) is 22.5. The van der Waals surface area contributed by atoms with Gasteiger partial charge in [0.2, 0.25) is 0 Å². The fraction of sp³-hybridized carbons (Fsp3) is 0.520. The molecule has 0 aliphatic heterocycles. The van der Waals surface area contributed by atoms with E-state index in [1.54, 1.807) is 18.2 Å². The monoisotopic (exact) mass is 425 g/mol. The highest BCUT2D eigenvalue weighted by molar-refractivity contribution is 6.06. The summed E-state index contributed by atoms with van der Waals surface area (Å²) in [6.07, 6.45) is 10.4. The Labute approximate surface area is 182 Å². The first-order valence-electron chi connectivity index (χ1n) is 11.1. The van der Waals surface area contributed by atoms with E-state index in [-0.39, 0.29) is 29.5 Å². The number of carboxylic acids is 1. The molecule has 166 valence electrons. The predicted octanol–water partition coefficient (Wildman–Crippen LogP) is 5.12. The van der Waals surface area contributed by atoms with Crippen LogP contribution >= 0.6 is 0 Å². The van der Waals surface area contributed by atoms with E-state index < -0.39 is 5.97 Å².